The van der Waals surface area contributed by atoms with E-state index in [2.05, 4.69) is 4.74 Å². The van der Waals surface area contributed by atoms with Gasteiger partial charge in [-0.2, -0.15) is 4.31 Å². The van der Waals surface area contributed by atoms with Crippen LogP contribution in [0.1, 0.15) is 0 Å². The van der Waals surface area contributed by atoms with Crippen molar-refractivity contribution in [2.24, 2.45) is 0 Å². The highest BCUT2D eigenvalue weighted by Gasteiger charge is 2.38. The lowest BCUT2D eigenvalue weighted by molar-refractivity contribution is -0.275. The van der Waals surface area contributed by atoms with E-state index in [9.17, 15) is 26.4 Å². The van der Waals surface area contributed by atoms with Gasteiger partial charge in [-0.25, -0.2) is 8.42 Å². The highest BCUT2D eigenvalue weighted by Crippen LogP contribution is 2.33. The van der Waals surface area contributed by atoms with Gasteiger partial charge in [-0.1, -0.05) is 24.3 Å². The number of halogens is 3. The summed E-state index contributed by atoms with van der Waals surface area (Å²) in [5, 5.41) is 0. The molecule has 1 atom stereocenters. The number of ether oxygens (including phenoxy) is 3. The van der Waals surface area contributed by atoms with Crippen LogP contribution in [-0.2, 0) is 14.8 Å². The Balaban J connectivity index is 1.42. The molecule has 0 spiro atoms. The summed E-state index contributed by atoms with van der Waals surface area (Å²) in [5.74, 6) is -0.172. The first-order valence-corrected chi connectivity index (χ1v) is 11.1. The Morgan fingerprint density at radius 1 is 0.969 bits per heavy atom. The summed E-state index contributed by atoms with van der Waals surface area (Å²) in [6.07, 6.45) is -5.90. The second-order valence-electron chi connectivity index (χ2n) is 7.09. The van der Waals surface area contributed by atoms with Crippen LogP contribution >= 0.6 is 0 Å². The molecule has 12 heteroatoms. The van der Waals surface area contributed by atoms with Crippen LogP contribution in [0.5, 0.6) is 17.2 Å². The molecule has 2 aromatic carbocycles. The minimum Gasteiger partial charge on any atom is -0.485 e. The van der Waals surface area contributed by atoms with Crippen LogP contribution in [-0.4, -0.2) is 68.8 Å². The third kappa shape index (κ3) is 4.60. The monoisotopic (exact) mass is 472 g/mol. The van der Waals surface area contributed by atoms with Crippen molar-refractivity contribution in [1.82, 2.24) is 9.21 Å². The van der Waals surface area contributed by atoms with Gasteiger partial charge in [-0.15, -0.1) is 13.2 Å². The Labute approximate surface area is 182 Å². The van der Waals surface area contributed by atoms with E-state index >= 15 is 0 Å². The Morgan fingerprint density at radius 2 is 1.59 bits per heavy atom. The van der Waals surface area contributed by atoms with Gasteiger partial charge in [0.15, 0.2) is 11.5 Å². The average Bonchev–Trinajstić information content (AvgIpc) is 2.77. The van der Waals surface area contributed by atoms with E-state index in [4.69, 9.17) is 9.47 Å². The third-order valence-electron chi connectivity index (χ3n) is 5.03. The van der Waals surface area contributed by atoms with Crippen molar-refractivity contribution in [3.63, 3.8) is 0 Å². The average molecular weight is 472 g/mol. The van der Waals surface area contributed by atoms with E-state index in [0.29, 0.717) is 11.5 Å². The van der Waals surface area contributed by atoms with Gasteiger partial charge in [0.05, 0.1) is 0 Å². The van der Waals surface area contributed by atoms with E-state index in [-0.39, 0.29) is 38.7 Å². The Morgan fingerprint density at radius 3 is 2.28 bits per heavy atom. The maximum atomic E-state index is 12.9. The molecular weight excluding hydrogens is 453 g/mol. The first-order valence-electron chi connectivity index (χ1n) is 9.67. The van der Waals surface area contributed by atoms with Gasteiger partial charge >= 0.3 is 6.36 Å². The molecule has 2 aliphatic heterocycles. The molecular formula is C20H19F3N2O6S. The van der Waals surface area contributed by atoms with Crippen LogP contribution in [0, 0.1) is 0 Å². The number of alkyl halides is 3. The molecule has 8 nitrogen and oxygen atoms in total. The van der Waals surface area contributed by atoms with Crippen molar-refractivity contribution in [3.05, 3.63) is 48.5 Å². The number of benzene rings is 2. The molecule has 32 heavy (non-hydrogen) atoms. The lowest BCUT2D eigenvalue weighted by Crippen LogP contribution is -2.55. The zero-order chi connectivity index (χ0) is 22.9. The molecule has 2 aliphatic rings. The zero-order valence-corrected chi connectivity index (χ0v) is 17.4. The van der Waals surface area contributed by atoms with Crippen molar-refractivity contribution >= 4 is 15.9 Å². The van der Waals surface area contributed by atoms with Crippen molar-refractivity contribution in [2.45, 2.75) is 17.4 Å². The summed E-state index contributed by atoms with van der Waals surface area (Å²) >= 11 is 0. The zero-order valence-electron chi connectivity index (χ0n) is 16.6. The number of amides is 1. The fraction of sp³-hybridized carbons (Fsp3) is 0.350. The van der Waals surface area contributed by atoms with Crippen LogP contribution in [0.4, 0.5) is 13.2 Å². The quantitative estimate of drug-likeness (QED) is 0.679. The van der Waals surface area contributed by atoms with Gasteiger partial charge in [0.25, 0.3) is 5.91 Å². The number of hydrogen-bond donors (Lipinski definition) is 0. The Hall–Kier alpha value is -2.99. The summed E-state index contributed by atoms with van der Waals surface area (Å²) in [6.45, 7) is -0.0303. The second kappa shape index (κ2) is 8.51. The number of para-hydroxylation sites is 3. The number of nitrogens with zero attached hydrogens (tertiary/aromatic N) is 2. The molecule has 0 aliphatic carbocycles. The third-order valence-corrected chi connectivity index (χ3v) is 6.97. The molecule has 0 radical (unpaired) electrons. The van der Waals surface area contributed by atoms with Gasteiger partial charge < -0.3 is 19.1 Å². The fourth-order valence-corrected chi connectivity index (χ4v) is 5.04. The van der Waals surface area contributed by atoms with E-state index in [1.54, 1.807) is 24.3 Å². The number of piperazine rings is 1. The molecule has 1 saturated heterocycles. The minimum atomic E-state index is -5.03. The predicted octanol–water partition coefficient (Wildman–Crippen LogP) is 2.26. The highest BCUT2D eigenvalue weighted by molar-refractivity contribution is 7.89. The highest BCUT2D eigenvalue weighted by atomic mass is 32.2. The van der Waals surface area contributed by atoms with Gasteiger partial charge in [0, 0.05) is 26.2 Å². The Kier molecular flexibility index (Phi) is 5.91. The smallest absolute Gasteiger partial charge is 0.485 e. The number of carbonyl (C=O) groups is 1. The summed E-state index contributed by atoms with van der Waals surface area (Å²) in [6, 6.07) is 11.5. The van der Waals surface area contributed by atoms with Crippen LogP contribution in [0.2, 0.25) is 0 Å². The number of hydrogen-bond acceptors (Lipinski definition) is 6. The molecule has 1 fully saturated rings. The van der Waals surface area contributed by atoms with Gasteiger partial charge in [-0.3, -0.25) is 4.79 Å². The SMILES string of the molecule is O=C(C1COc2ccccc2O1)N1CCN(S(=O)(=O)c2ccccc2OC(F)(F)F)CC1. The summed E-state index contributed by atoms with van der Waals surface area (Å²) in [7, 11) is -4.26. The summed E-state index contributed by atoms with van der Waals surface area (Å²) in [4.78, 5) is 13.7. The van der Waals surface area contributed by atoms with Crippen LogP contribution in [0.3, 0.4) is 0 Å². The number of carbonyl (C=O) groups excluding carboxylic acids is 1. The van der Waals surface area contributed by atoms with E-state index in [1.807, 2.05) is 0 Å². The van der Waals surface area contributed by atoms with E-state index in [1.165, 1.54) is 17.0 Å². The fourth-order valence-electron chi connectivity index (χ4n) is 3.51. The molecule has 4 rings (SSSR count). The molecule has 0 N–H and O–H groups in total. The largest absolute Gasteiger partial charge is 0.573 e. The molecule has 2 aromatic rings. The van der Waals surface area contributed by atoms with Gasteiger partial charge in [0.1, 0.15) is 17.3 Å². The summed E-state index contributed by atoms with van der Waals surface area (Å²) < 4.78 is 80.0. The maximum Gasteiger partial charge on any atom is 0.573 e. The van der Waals surface area contributed by atoms with Crippen molar-refractivity contribution < 1.29 is 40.6 Å². The van der Waals surface area contributed by atoms with E-state index < -0.39 is 33.1 Å². The second-order valence-corrected chi connectivity index (χ2v) is 8.99. The standard InChI is InChI=1S/C20H19F3N2O6S/c21-20(22,23)31-16-7-3-4-8-18(16)32(27,28)25-11-9-24(10-12-25)19(26)17-13-29-14-5-1-2-6-15(14)30-17/h1-8,17H,9-13H2. The molecule has 0 aromatic heterocycles. The maximum absolute atomic E-state index is 12.9. The molecule has 1 unspecified atom stereocenters. The Bertz CT molecular complexity index is 1100. The molecule has 0 saturated carbocycles. The first-order chi connectivity index (χ1) is 15.1. The number of fused-ring (bicyclic) bond motifs is 1. The van der Waals surface area contributed by atoms with Crippen molar-refractivity contribution in [1.29, 1.82) is 0 Å². The molecule has 2 heterocycles. The summed E-state index contributed by atoms with van der Waals surface area (Å²) in [5.41, 5.74) is 0. The topological polar surface area (TPSA) is 85.4 Å². The lowest BCUT2D eigenvalue weighted by Gasteiger charge is -2.36. The normalized spacial score (nSPS) is 19.5. The molecule has 172 valence electrons. The van der Waals surface area contributed by atoms with Crippen LogP contribution < -0.4 is 14.2 Å². The predicted molar refractivity (Wildman–Crippen MR) is 105 cm³/mol. The van der Waals surface area contributed by atoms with Gasteiger partial charge in [-0.05, 0) is 24.3 Å². The van der Waals surface area contributed by atoms with Gasteiger partial charge in [0.2, 0.25) is 16.1 Å². The van der Waals surface area contributed by atoms with Crippen LogP contribution in [0.15, 0.2) is 53.4 Å². The van der Waals surface area contributed by atoms with Crippen molar-refractivity contribution in [2.75, 3.05) is 32.8 Å². The molecule has 0 bridgehead atoms. The molecule has 1 amide bonds. The van der Waals surface area contributed by atoms with Crippen LogP contribution in [0.25, 0.3) is 0 Å². The minimum absolute atomic E-state index is 0.0243. The van der Waals surface area contributed by atoms with E-state index in [0.717, 1.165) is 16.4 Å². The lowest BCUT2D eigenvalue weighted by atomic mass is 10.2. The first kappa shape index (κ1) is 22.2. The number of rotatable bonds is 4. The number of sulfonamides is 1. The van der Waals surface area contributed by atoms with Crippen molar-refractivity contribution in [3.8, 4) is 17.2 Å².